The number of carbonyl (C=O) groups is 2. The number of hydrogen-bond acceptors (Lipinski definition) is 8. The first-order chi connectivity index (χ1) is 26.9. The molecular weight excluding hydrogens is 737 g/mol. The normalized spacial score (nSPS) is 41.0. The van der Waals surface area contributed by atoms with E-state index in [9.17, 15) is 23.1 Å². The molecule has 8 rings (SSSR count). The van der Waals surface area contributed by atoms with Gasteiger partial charge in [0, 0.05) is 37.8 Å². The highest BCUT2D eigenvalue weighted by Gasteiger charge is 2.69. The zero-order valence-electron chi connectivity index (χ0n) is 35.2. The molecule has 5 fully saturated rings. The molecule has 3 unspecified atom stereocenters. The molecule has 0 spiro atoms. The number of carbonyl (C=O) groups excluding carboxylic acids is 1. The Morgan fingerprint density at radius 1 is 0.912 bits per heavy atom. The zero-order valence-corrected chi connectivity index (χ0v) is 36.0. The van der Waals surface area contributed by atoms with Gasteiger partial charge in [0.1, 0.15) is 17.7 Å². The molecule has 0 bridgehead atoms. The molecule has 0 radical (unpaired) electrons. The third-order valence-electron chi connectivity index (χ3n) is 18.2. The van der Waals surface area contributed by atoms with Crippen molar-refractivity contribution in [3.05, 3.63) is 47.2 Å². The van der Waals surface area contributed by atoms with Crippen LogP contribution in [0.5, 0.6) is 5.88 Å². The van der Waals surface area contributed by atoms with E-state index in [2.05, 4.69) is 62.0 Å². The van der Waals surface area contributed by atoms with Crippen LogP contribution in [0.2, 0.25) is 0 Å². The van der Waals surface area contributed by atoms with Crippen LogP contribution in [0.4, 0.5) is 0 Å². The number of rotatable bonds is 10. The van der Waals surface area contributed by atoms with Crippen LogP contribution in [-0.4, -0.2) is 85.1 Å². The molecule has 1 saturated heterocycles. The number of sulfone groups is 1. The Kier molecular flexibility index (Phi) is 10.4. The fourth-order valence-corrected chi connectivity index (χ4v) is 16.1. The van der Waals surface area contributed by atoms with Gasteiger partial charge in [0.2, 0.25) is 5.88 Å². The lowest BCUT2D eigenvalue weighted by Gasteiger charge is -2.72. The number of aromatic nitrogens is 1. The predicted molar refractivity (Wildman–Crippen MR) is 222 cm³/mol. The minimum Gasteiger partial charge on any atom is -0.481 e. The summed E-state index contributed by atoms with van der Waals surface area (Å²) in [4.78, 5) is 30.9. The number of ether oxygens (including phenoxy) is 1. The summed E-state index contributed by atoms with van der Waals surface area (Å²) in [5.74, 6) is 1.97. The smallest absolute Gasteiger partial charge is 0.313 e. The van der Waals surface area contributed by atoms with Crippen LogP contribution < -0.4 is 15.8 Å². The summed E-state index contributed by atoms with van der Waals surface area (Å²) < 4.78 is 29.9. The number of nitrogens with one attached hydrogen (secondary N) is 1. The van der Waals surface area contributed by atoms with Gasteiger partial charge in [-0.3, -0.25) is 9.59 Å². The van der Waals surface area contributed by atoms with E-state index in [0.29, 0.717) is 67.0 Å². The number of primary amides is 1. The van der Waals surface area contributed by atoms with Crippen molar-refractivity contribution in [1.29, 1.82) is 0 Å². The molecule has 11 heteroatoms. The number of fused-ring (bicyclic) bond motifs is 7. The SMILES string of the molecule is CC1(C)C(C2=CCC(COc3cccc(C(N)=O)n3)(C(=O)O)CC2)=CC[C@@]2(C)C1CC[C@]1(C)C2CC[C@@H]2[C@H]3CCC[C@]3(NCCN3CCS(=O)(=O)CC3)CC[C@]21C. The van der Waals surface area contributed by atoms with Gasteiger partial charge in [0.15, 0.2) is 9.84 Å². The number of aliphatic carboxylic acids is 1. The van der Waals surface area contributed by atoms with Crippen molar-refractivity contribution in [3.63, 3.8) is 0 Å². The monoisotopic (exact) mass is 804 g/mol. The Hall–Kier alpha value is -2.76. The standard InChI is InChI=1S/C46H68N4O6S/c1-41(2)32(31-13-20-45(21-14-31,40(52)53)30-56-38-10-6-9-35(49-38)39(47)51)15-18-42(3)36(41)16-19-44(5)37(42)12-11-33-34-8-7-17-46(34,23-22-43(33,44)4)48-24-25-50-26-28-57(54,55)29-27-50/h6,9-10,13,15,33-34,36-37,48H,7-8,11-12,14,16-30H2,1-5H3,(H2,47,51)(H,52,53)/t33-,34-,36?,37?,42+,43-,44-,45?,46+/m1/s1. The molecule has 314 valence electrons. The molecule has 7 aliphatic rings. The summed E-state index contributed by atoms with van der Waals surface area (Å²) in [6.07, 6.45) is 19.0. The van der Waals surface area contributed by atoms with Gasteiger partial charge >= 0.3 is 5.97 Å². The summed E-state index contributed by atoms with van der Waals surface area (Å²) in [6, 6.07) is 4.80. The number of allylic oxidation sites excluding steroid dienone is 4. The number of nitrogens with two attached hydrogens (primary N) is 1. The summed E-state index contributed by atoms with van der Waals surface area (Å²) in [5, 5.41) is 14.6. The largest absolute Gasteiger partial charge is 0.481 e. The van der Waals surface area contributed by atoms with Gasteiger partial charge in [0.25, 0.3) is 5.91 Å². The van der Waals surface area contributed by atoms with E-state index in [1.54, 1.807) is 12.1 Å². The highest BCUT2D eigenvalue weighted by Crippen LogP contribution is 2.76. The molecule has 1 aromatic rings. The molecule has 57 heavy (non-hydrogen) atoms. The maximum atomic E-state index is 12.8. The number of pyridine rings is 1. The second-order valence-electron chi connectivity index (χ2n) is 20.8. The van der Waals surface area contributed by atoms with Crippen LogP contribution in [0.1, 0.15) is 129 Å². The van der Waals surface area contributed by atoms with Gasteiger partial charge in [-0.05, 0) is 140 Å². The van der Waals surface area contributed by atoms with Crippen molar-refractivity contribution in [2.45, 2.75) is 124 Å². The molecule has 10 nitrogen and oxygen atoms in total. The summed E-state index contributed by atoms with van der Waals surface area (Å²) in [5.41, 5.74) is 8.18. The average Bonchev–Trinajstić information content (AvgIpc) is 3.59. The molecule has 1 aromatic heterocycles. The Morgan fingerprint density at radius 3 is 2.39 bits per heavy atom. The number of carboxylic acid groups (broad SMARTS) is 1. The summed E-state index contributed by atoms with van der Waals surface area (Å²) in [6.45, 7) is 16.2. The minimum atomic E-state index is -2.86. The average molecular weight is 805 g/mol. The molecule has 4 saturated carbocycles. The molecule has 1 aliphatic heterocycles. The molecule has 6 aliphatic carbocycles. The first kappa shape index (κ1) is 41.0. The molecule has 4 N–H and O–H groups in total. The first-order valence-electron chi connectivity index (χ1n) is 22.1. The number of carboxylic acids is 1. The highest BCUT2D eigenvalue weighted by atomic mass is 32.2. The second kappa shape index (κ2) is 14.5. The van der Waals surface area contributed by atoms with Gasteiger partial charge in [-0.2, -0.15) is 0 Å². The van der Waals surface area contributed by atoms with Crippen LogP contribution in [0, 0.1) is 50.7 Å². The predicted octanol–water partition coefficient (Wildman–Crippen LogP) is 7.20. The number of nitrogens with zero attached hydrogens (tertiary/aromatic N) is 2. The fourth-order valence-electron chi connectivity index (χ4n) is 14.8. The van der Waals surface area contributed by atoms with Gasteiger partial charge in [-0.25, -0.2) is 13.4 Å². The van der Waals surface area contributed by atoms with Crippen molar-refractivity contribution < 1.29 is 27.9 Å². The summed E-state index contributed by atoms with van der Waals surface area (Å²) in [7, 11) is -2.86. The lowest BCUT2D eigenvalue weighted by molar-refractivity contribution is -0.218. The number of amides is 1. The van der Waals surface area contributed by atoms with Crippen molar-refractivity contribution in [3.8, 4) is 5.88 Å². The van der Waals surface area contributed by atoms with Crippen LogP contribution >= 0.6 is 0 Å². The van der Waals surface area contributed by atoms with Gasteiger partial charge in [0.05, 0.1) is 11.5 Å². The molecule has 2 heterocycles. The molecular formula is C46H68N4O6S. The van der Waals surface area contributed by atoms with E-state index in [1.807, 2.05) is 0 Å². The van der Waals surface area contributed by atoms with E-state index >= 15 is 0 Å². The van der Waals surface area contributed by atoms with E-state index in [4.69, 9.17) is 10.5 Å². The van der Waals surface area contributed by atoms with Crippen LogP contribution in [0.15, 0.2) is 41.5 Å². The quantitative estimate of drug-likeness (QED) is 0.223. The lowest BCUT2D eigenvalue weighted by atomic mass is 9.33. The zero-order chi connectivity index (χ0) is 40.6. The van der Waals surface area contributed by atoms with E-state index in [-0.39, 0.29) is 40.0 Å². The van der Waals surface area contributed by atoms with Crippen molar-refractivity contribution in [2.24, 2.45) is 56.5 Å². The number of hydrogen-bond donors (Lipinski definition) is 3. The third kappa shape index (κ3) is 6.72. The highest BCUT2D eigenvalue weighted by molar-refractivity contribution is 7.91. The van der Waals surface area contributed by atoms with Crippen molar-refractivity contribution in [1.82, 2.24) is 15.2 Å². The van der Waals surface area contributed by atoms with Crippen LogP contribution in [-0.2, 0) is 14.6 Å². The Balaban J connectivity index is 0.968. The molecule has 9 atom stereocenters. The Labute approximate surface area is 341 Å². The minimum absolute atomic E-state index is 0.0185. The Bertz CT molecular complexity index is 1930. The second-order valence-corrected chi connectivity index (χ2v) is 23.1. The lowest BCUT2D eigenvalue weighted by Crippen LogP contribution is -2.67. The maximum Gasteiger partial charge on any atom is 0.313 e. The van der Waals surface area contributed by atoms with E-state index in [0.717, 1.165) is 25.4 Å². The first-order valence-corrected chi connectivity index (χ1v) is 23.9. The van der Waals surface area contributed by atoms with Gasteiger partial charge in [-0.1, -0.05) is 59.3 Å². The van der Waals surface area contributed by atoms with E-state index < -0.39 is 27.1 Å². The van der Waals surface area contributed by atoms with Crippen LogP contribution in [0.25, 0.3) is 0 Å². The third-order valence-corrected chi connectivity index (χ3v) is 19.8. The maximum absolute atomic E-state index is 12.8. The topological polar surface area (TPSA) is 152 Å². The van der Waals surface area contributed by atoms with E-state index in [1.165, 1.54) is 75.0 Å². The Morgan fingerprint density at radius 2 is 1.68 bits per heavy atom. The fraction of sp³-hybridized carbons (Fsp3) is 0.761. The molecule has 0 aromatic carbocycles. The van der Waals surface area contributed by atoms with Crippen molar-refractivity contribution >= 4 is 21.7 Å². The molecule has 1 amide bonds. The van der Waals surface area contributed by atoms with Gasteiger partial charge < -0.3 is 25.8 Å². The van der Waals surface area contributed by atoms with Crippen molar-refractivity contribution in [2.75, 3.05) is 44.3 Å². The van der Waals surface area contributed by atoms with Gasteiger partial charge in [-0.15, -0.1) is 0 Å². The van der Waals surface area contributed by atoms with Crippen LogP contribution in [0.3, 0.4) is 0 Å². The summed E-state index contributed by atoms with van der Waals surface area (Å²) >= 11 is 0.